The van der Waals surface area contributed by atoms with Gasteiger partial charge in [0.05, 0.1) is 6.04 Å². The van der Waals surface area contributed by atoms with Crippen molar-refractivity contribution in [2.24, 2.45) is 0 Å². The summed E-state index contributed by atoms with van der Waals surface area (Å²) in [5.41, 5.74) is 1.21. The molecule has 1 aliphatic heterocycles. The molecule has 1 aliphatic rings. The van der Waals surface area contributed by atoms with Gasteiger partial charge in [0.2, 0.25) is 5.91 Å². The van der Waals surface area contributed by atoms with E-state index in [1.54, 1.807) is 0 Å². The first-order valence-electron chi connectivity index (χ1n) is 6.70. The van der Waals surface area contributed by atoms with E-state index in [-0.39, 0.29) is 18.4 Å². The molecule has 0 radical (unpaired) electrons. The van der Waals surface area contributed by atoms with Crippen LogP contribution in [-0.2, 0) is 9.59 Å². The van der Waals surface area contributed by atoms with Gasteiger partial charge in [-0.05, 0) is 12.0 Å². The Hall–Kier alpha value is -1.84. The number of hydrogen-bond acceptors (Lipinski definition) is 2. The van der Waals surface area contributed by atoms with Crippen LogP contribution in [0.25, 0.3) is 0 Å². The third-order valence-electron chi connectivity index (χ3n) is 2.20. The van der Waals surface area contributed by atoms with Gasteiger partial charge in [-0.15, -0.1) is 0 Å². The molecule has 0 aromatic heterocycles. The molecule has 0 bridgehead atoms. The number of hydrogen-bond donors (Lipinski definition) is 2. The van der Waals surface area contributed by atoms with Gasteiger partial charge in [0.1, 0.15) is 0 Å². The zero-order chi connectivity index (χ0) is 15.1. The van der Waals surface area contributed by atoms with E-state index >= 15 is 0 Å². The molecule has 1 aromatic rings. The minimum Gasteiger partial charge on any atom is -0.483 e. The number of carbonyl (C=O) groups is 2. The summed E-state index contributed by atoms with van der Waals surface area (Å²) in [6.45, 7) is 7.75. The largest absolute Gasteiger partial charge is 0.483 e. The molecule has 4 heteroatoms. The fraction of sp³-hybridized carbons (Fsp3) is 0.467. The predicted octanol–water partition coefficient (Wildman–Crippen LogP) is 3.39. The first kappa shape index (κ1) is 19.5. The zero-order valence-corrected chi connectivity index (χ0v) is 12.2. The number of benzene rings is 1. The van der Waals surface area contributed by atoms with E-state index in [9.17, 15) is 4.79 Å². The second-order valence-corrected chi connectivity index (χ2v) is 3.17. The number of nitrogens with one attached hydrogen (secondary N) is 1. The molecule has 19 heavy (non-hydrogen) atoms. The van der Waals surface area contributed by atoms with Crippen molar-refractivity contribution in [2.75, 3.05) is 0 Å². The molecule has 0 saturated carbocycles. The Bertz CT molecular complexity index is 325. The maximum atomic E-state index is 10.9. The predicted molar refractivity (Wildman–Crippen MR) is 77.9 cm³/mol. The van der Waals surface area contributed by atoms with Crippen LogP contribution in [0, 0.1) is 0 Å². The third kappa shape index (κ3) is 8.83. The van der Waals surface area contributed by atoms with E-state index in [4.69, 9.17) is 9.90 Å². The minimum absolute atomic E-state index is 0.170. The summed E-state index contributed by atoms with van der Waals surface area (Å²) in [5.74, 6) is 0.170. The molecule has 108 valence electrons. The number of carbonyl (C=O) groups excluding carboxylic acids is 1. The molecule has 2 rings (SSSR count). The molecule has 0 spiro atoms. The Morgan fingerprint density at radius 2 is 1.63 bits per heavy atom. The van der Waals surface area contributed by atoms with Crippen LogP contribution in [0.15, 0.2) is 30.3 Å². The van der Waals surface area contributed by atoms with Crippen molar-refractivity contribution in [1.29, 1.82) is 0 Å². The van der Waals surface area contributed by atoms with Crippen LogP contribution in [-0.4, -0.2) is 17.5 Å². The summed E-state index contributed by atoms with van der Waals surface area (Å²) in [4.78, 5) is 19.3. The maximum Gasteiger partial charge on any atom is 0.290 e. The molecule has 1 saturated heterocycles. The molecule has 1 aromatic carbocycles. The van der Waals surface area contributed by atoms with E-state index in [1.165, 1.54) is 5.56 Å². The Morgan fingerprint density at radius 3 is 2.00 bits per heavy atom. The van der Waals surface area contributed by atoms with Gasteiger partial charge < -0.3 is 10.4 Å². The van der Waals surface area contributed by atoms with Crippen LogP contribution >= 0.6 is 0 Å². The van der Waals surface area contributed by atoms with Gasteiger partial charge >= 0.3 is 0 Å². The smallest absolute Gasteiger partial charge is 0.290 e. The maximum absolute atomic E-state index is 10.9. The molecule has 1 amide bonds. The summed E-state index contributed by atoms with van der Waals surface area (Å²) in [7, 11) is 0. The van der Waals surface area contributed by atoms with E-state index in [2.05, 4.69) is 17.4 Å². The highest BCUT2D eigenvalue weighted by atomic mass is 16.3. The summed E-state index contributed by atoms with van der Waals surface area (Å²) in [5, 5.41) is 9.82. The highest BCUT2D eigenvalue weighted by Crippen LogP contribution is 2.22. The van der Waals surface area contributed by atoms with Crippen LogP contribution in [0.3, 0.4) is 0 Å². The second kappa shape index (κ2) is 14.2. The lowest BCUT2D eigenvalue weighted by Gasteiger charge is -2.08. The minimum atomic E-state index is -0.250. The van der Waals surface area contributed by atoms with Crippen molar-refractivity contribution in [3.05, 3.63) is 35.9 Å². The van der Waals surface area contributed by atoms with Crippen molar-refractivity contribution in [3.8, 4) is 0 Å². The zero-order valence-electron chi connectivity index (χ0n) is 12.2. The third-order valence-corrected chi connectivity index (χ3v) is 2.20. The molecule has 4 nitrogen and oxygen atoms in total. The summed E-state index contributed by atoms with van der Waals surface area (Å²) in [6.07, 6.45) is 1.60. The molecular formula is C15H25NO3. The molecule has 1 heterocycles. The second-order valence-electron chi connectivity index (χ2n) is 3.17. The SMILES string of the molecule is CC.CC.O=C1CCC(c2ccccc2)N1.O=CO. The van der Waals surface area contributed by atoms with Crippen molar-refractivity contribution < 1.29 is 14.7 Å². The molecule has 1 unspecified atom stereocenters. The molecule has 0 aliphatic carbocycles. The van der Waals surface area contributed by atoms with Crippen LogP contribution in [0.2, 0.25) is 0 Å². The molecule has 1 atom stereocenters. The number of carboxylic acid groups (broad SMARTS) is 1. The van der Waals surface area contributed by atoms with Gasteiger partial charge in [-0.1, -0.05) is 58.0 Å². The lowest BCUT2D eigenvalue weighted by molar-refractivity contribution is -0.123. The molecular weight excluding hydrogens is 242 g/mol. The quantitative estimate of drug-likeness (QED) is 0.766. The van der Waals surface area contributed by atoms with Crippen LogP contribution in [0.4, 0.5) is 0 Å². The number of rotatable bonds is 1. The van der Waals surface area contributed by atoms with Crippen LogP contribution in [0.1, 0.15) is 52.1 Å². The molecule has 1 fully saturated rings. The lowest BCUT2D eigenvalue weighted by atomic mass is 10.1. The Morgan fingerprint density at radius 1 is 1.16 bits per heavy atom. The average molecular weight is 267 g/mol. The van der Waals surface area contributed by atoms with Gasteiger partial charge in [0.25, 0.3) is 6.47 Å². The van der Waals surface area contributed by atoms with Gasteiger partial charge in [-0.25, -0.2) is 0 Å². The standard InChI is InChI=1S/C10H11NO.2C2H6.CH2O2/c12-10-7-6-9(11-10)8-4-2-1-3-5-8;2*1-2;2-1-3/h1-5,9H,6-7H2,(H,11,12);2*1-2H3;1H,(H,2,3). The Balaban J connectivity index is 0. The summed E-state index contributed by atoms with van der Waals surface area (Å²) in [6, 6.07) is 10.3. The fourth-order valence-corrected chi connectivity index (χ4v) is 1.55. The highest BCUT2D eigenvalue weighted by molar-refractivity contribution is 5.78. The summed E-state index contributed by atoms with van der Waals surface area (Å²) >= 11 is 0. The Labute approximate surface area is 115 Å². The topological polar surface area (TPSA) is 66.4 Å². The van der Waals surface area contributed by atoms with Crippen molar-refractivity contribution in [3.63, 3.8) is 0 Å². The first-order valence-corrected chi connectivity index (χ1v) is 6.70. The van der Waals surface area contributed by atoms with Crippen LogP contribution in [0.5, 0.6) is 0 Å². The first-order chi connectivity index (χ1) is 9.27. The van der Waals surface area contributed by atoms with E-state index in [0.717, 1.165) is 6.42 Å². The van der Waals surface area contributed by atoms with Gasteiger partial charge in [0, 0.05) is 6.42 Å². The normalized spacial score (nSPS) is 15.4. The van der Waals surface area contributed by atoms with Crippen LogP contribution < -0.4 is 5.32 Å². The Kier molecular flexibility index (Phi) is 14.6. The van der Waals surface area contributed by atoms with Gasteiger partial charge in [0.15, 0.2) is 0 Å². The monoisotopic (exact) mass is 267 g/mol. The van der Waals surface area contributed by atoms with Gasteiger partial charge in [-0.3, -0.25) is 9.59 Å². The van der Waals surface area contributed by atoms with E-state index in [1.807, 2.05) is 45.9 Å². The van der Waals surface area contributed by atoms with Crippen molar-refractivity contribution in [1.82, 2.24) is 5.32 Å². The van der Waals surface area contributed by atoms with Crippen molar-refractivity contribution in [2.45, 2.75) is 46.6 Å². The molecule has 2 N–H and O–H groups in total. The highest BCUT2D eigenvalue weighted by Gasteiger charge is 2.21. The van der Waals surface area contributed by atoms with E-state index in [0.29, 0.717) is 6.42 Å². The van der Waals surface area contributed by atoms with Crippen molar-refractivity contribution >= 4 is 12.4 Å². The van der Waals surface area contributed by atoms with E-state index < -0.39 is 0 Å². The lowest BCUT2D eigenvalue weighted by Crippen LogP contribution is -2.17. The number of amides is 1. The summed E-state index contributed by atoms with van der Waals surface area (Å²) < 4.78 is 0. The van der Waals surface area contributed by atoms with Gasteiger partial charge in [-0.2, -0.15) is 0 Å². The average Bonchev–Trinajstić information content (AvgIpc) is 2.92. The fourth-order valence-electron chi connectivity index (χ4n) is 1.55.